The van der Waals surface area contributed by atoms with Crippen molar-refractivity contribution >= 4 is 17.4 Å². The van der Waals surface area contributed by atoms with Gasteiger partial charge < -0.3 is 10.2 Å². The second kappa shape index (κ2) is 7.01. The normalized spacial score (nSPS) is 18.2. The zero-order chi connectivity index (χ0) is 14.5. The van der Waals surface area contributed by atoms with Gasteiger partial charge in [-0.3, -0.25) is 0 Å². The molecular formula is C16H23N3S. The van der Waals surface area contributed by atoms with Crippen LogP contribution in [0.2, 0.25) is 0 Å². The highest BCUT2D eigenvalue weighted by molar-refractivity contribution is 7.98. The summed E-state index contributed by atoms with van der Waals surface area (Å²) < 4.78 is 0. The number of nitrogens with zero attached hydrogens (tertiary/aromatic N) is 2. The summed E-state index contributed by atoms with van der Waals surface area (Å²) in [5.41, 5.74) is 1.88. The van der Waals surface area contributed by atoms with Crippen molar-refractivity contribution in [3.63, 3.8) is 0 Å². The van der Waals surface area contributed by atoms with Crippen molar-refractivity contribution in [3.05, 3.63) is 23.8 Å². The number of thioether (sulfide) groups is 1. The summed E-state index contributed by atoms with van der Waals surface area (Å²) in [7, 11) is 0. The first kappa shape index (κ1) is 15.2. The van der Waals surface area contributed by atoms with Crippen LogP contribution < -0.4 is 10.2 Å². The standard InChI is InChI=1S/C16H23N3S/c1-12(2)19(11-13-6-5-9-18-13)15-7-4-8-16(20-3)14(15)10-17/h4,7-8,12-13,18H,5-6,9,11H2,1-3H3. The number of hydrogen-bond donors (Lipinski definition) is 1. The minimum atomic E-state index is 0.390. The van der Waals surface area contributed by atoms with Gasteiger partial charge in [-0.2, -0.15) is 5.26 Å². The van der Waals surface area contributed by atoms with E-state index in [9.17, 15) is 5.26 Å². The number of nitrogens with one attached hydrogen (secondary N) is 1. The second-order valence-corrected chi connectivity index (χ2v) is 6.35. The van der Waals surface area contributed by atoms with E-state index in [1.54, 1.807) is 11.8 Å². The molecule has 2 rings (SSSR count). The molecular weight excluding hydrogens is 266 g/mol. The van der Waals surface area contributed by atoms with E-state index in [4.69, 9.17) is 0 Å². The van der Waals surface area contributed by atoms with Crippen LogP contribution >= 0.6 is 11.8 Å². The first-order valence-corrected chi connectivity index (χ1v) is 8.47. The third-order valence-corrected chi connectivity index (χ3v) is 4.63. The lowest BCUT2D eigenvalue weighted by molar-refractivity contribution is 0.552. The van der Waals surface area contributed by atoms with Gasteiger partial charge in [0.2, 0.25) is 0 Å². The van der Waals surface area contributed by atoms with Crippen LogP contribution in [0.15, 0.2) is 23.1 Å². The first-order chi connectivity index (χ1) is 9.67. The van der Waals surface area contributed by atoms with Crippen molar-refractivity contribution in [2.24, 2.45) is 0 Å². The molecule has 1 atom stereocenters. The summed E-state index contributed by atoms with van der Waals surface area (Å²) in [6, 6.07) is 9.48. The van der Waals surface area contributed by atoms with E-state index in [2.05, 4.69) is 42.3 Å². The van der Waals surface area contributed by atoms with Gasteiger partial charge in [-0.15, -0.1) is 11.8 Å². The van der Waals surface area contributed by atoms with Gasteiger partial charge in [0.1, 0.15) is 6.07 Å². The Hall–Kier alpha value is -1.18. The van der Waals surface area contributed by atoms with Crippen LogP contribution in [0.5, 0.6) is 0 Å². The van der Waals surface area contributed by atoms with Crippen molar-refractivity contribution in [1.82, 2.24) is 5.32 Å². The number of rotatable bonds is 5. The number of hydrogen-bond acceptors (Lipinski definition) is 4. The second-order valence-electron chi connectivity index (χ2n) is 5.51. The van der Waals surface area contributed by atoms with Gasteiger partial charge in [0.05, 0.1) is 11.3 Å². The monoisotopic (exact) mass is 289 g/mol. The molecule has 0 radical (unpaired) electrons. The van der Waals surface area contributed by atoms with Crippen LogP contribution in [0, 0.1) is 11.3 Å². The predicted octanol–water partition coefficient (Wildman–Crippen LogP) is 3.25. The van der Waals surface area contributed by atoms with Gasteiger partial charge in [-0.05, 0) is 51.6 Å². The summed E-state index contributed by atoms with van der Waals surface area (Å²) in [5, 5.41) is 13.1. The van der Waals surface area contributed by atoms with Crippen molar-refractivity contribution in [2.45, 2.75) is 43.7 Å². The van der Waals surface area contributed by atoms with Crippen LogP contribution in [0.1, 0.15) is 32.3 Å². The van der Waals surface area contributed by atoms with Crippen molar-refractivity contribution < 1.29 is 0 Å². The fourth-order valence-corrected chi connectivity index (χ4v) is 3.35. The van der Waals surface area contributed by atoms with Gasteiger partial charge in [0.15, 0.2) is 0 Å². The Balaban J connectivity index is 2.31. The Morgan fingerprint density at radius 3 is 2.85 bits per heavy atom. The highest BCUT2D eigenvalue weighted by Crippen LogP contribution is 2.30. The molecule has 1 aromatic carbocycles. The molecule has 1 aliphatic rings. The van der Waals surface area contributed by atoms with Crippen LogP contribution in [0.3, 0.4) is 0 Å². The van der Waals surface area contributed by atoms with Gasteiger partial charge in [-0.1, -0.05) is 6.07 Å². The molecule has 1 aromatic rings. The zero-order valence-electron chi connectivity index (χ0n) is 12.5. The molecule has 1 saturated heterocycles. The fraction of sp³-hybridized carbons (Fsp3) is 0.562. The maximum atomic E-state index is 9.52. The molecule has 1 aliphatic heterocycles. The van der Waals surface area contributed by atoms with Crippen molar-refractivity contribution in [2.75, 3.05) is 24.2 Å². The highest BCUT2D eigenvalue weighted by atomic mass is 32.2. The van der Waals surface area contributed by atoms with E-state index < -0.39 is 0 Å². The van der Waals surface area contributed by atoms with Crippen LogP contribution in [-0.4, -0.2) is 31.4 Å². The molecule has 1 heterocycles. The molecule has 0 saturated carbocycles. The molecule has 0 amide bonds. The summed E-state index contributed by atoms with van der Waals surface area (Å²) in [5.74, 6) is 0. The van der Waals surface area contributed by atoms with Crippen molar-refractivity contribution in [1.29, 1.82) is 5.26 Å². The molecule has 20 heavy (non-hydrogen) atoms. The van der Waals surface area contributed by atoms with Gasteiger partial charge in [0.25, 0.3) is 0 Å². The van der Waals surface area contributed by atoms with E-state index in [-0.39, 0.29) is 0 Å². The van der Waals surface area contributed by atoms with E-state index in [1.165, 1.54) is 12.8 Å². The lowest BCUT2D eigenvalue weighted by Gasteiger charge is -2.32. The maximum absolute atomic E-state index is 9.52. The SMILES string of the molecule is CSc1cccc(N(CC2CCCN2)C(C)C)c1C#N. The van der Waals surface area contributed by atoms with E-state index in [1.807, 2.05) is 12.3 Å². The molecule has 3 nitrogen and oxygen atoms in total. The Kier molecular flexibility index (Phi) is 5.33. The molecule has 0 bridgehead atoms. The molecule has 0 aromatic heterocycles. The molecule has 4 heteroatoms. The molecule has 0 spiro atoms. The molecule has 1 fully saturated rings. The molecule has 108 valence electrons. The topological polar surface area (TPSA) is 39.1 Å². The van der Waals surface area contributed by atoms with Crippen LogP contribution in [-0.2, 0) is 0 Å². The first-order valence-electron chi connectivity index (χ1n) is 7.24. The molecule has 1 N–H and O–H groups in total. The average molecular weight is 289 g/mol. The maximum Gasteiger partial charge on any atom is 0.103 e. The minimum Gasteiger partial charge on any atom is -0.366 e. The van der Waals surface area contributed by atoms with Crippen molar-refractivity contribution in [3.8, 4) is 6.07 Å². The largest absolute Gasteiger partial charge is 0.366 e. The van der Waals surface area contributed by atoms with Crippen LogP contribution in [0.4, 0.5) is 5.69 Å². The van der Waals surface area contributed by atoms with E-state index in [0.717, 1.165) is 29.2 Å². The van der Waals surface area contributed by atoms with Gasteiger partial charge >= 0.3 is 0 Å². The van der Waals surface area contributed by atoms with E-state index in [0.29, 0.717) is 12.1 Å². The number of anilines is 1. The summed E-state index contributed by atoms with van der Waals surface area (Å²) >= 11 is 1.64. The summed E-state index contributed by atoms with van der Waals surface area (Å²) in [4.78, 5) is 3.43. The predicted molar refractivity (Wildman–Crippen MR) is 86.4 cm³/mol. The highest BCUT2D eigenvalue weighted by Gasteiger charge is 2.22. The van der Waals surface area contributed by atoms with Crippen LogP contribution in [0.25, 0.3) is 0 Å². The Morgan fingerprint density at radius 1 is 1.50 bits per heavy atom. The number of benzene rings is 1. The molecule has 1 unspecified atom stereocenters. The average Bonchev–Trinajstić information content (AvgIpc) is 2.96. The zero-order valence-corrected chi connectivity index (χ0v) is 13.3. The summed E-state index contributed by atoms with van der Waals surface area (Å²) in [6.07, 6.45) is 4.51. The smallest absolute Gasteiger partial charge is 0.103 e. The molecule has 0 aliphatic carbocycles. The van der Waals surface area contributed by atoms with Gasteiger partial charge in [-0.25, -0.2) is 0 Å². The number of nitriles is 1. The third kappa shape index (κ3) is 3.28. The Morgan fingerprint density at radius 2 is 2.30 bits per heavy atom. The quantitative estimate of drug-likeness (QED) is 0.845. The third-order valence-electron chi connectivity index (χ3n) is 3.85. The van der Waals surface area contributed by atoms with E-state index >= 15 is 0 Å². The Labute approximate surface area is 126 Å². The fourth-order valence-electron chi connectivity index (χ4n) is 2.78. The lowest BCUT2D eigenvalue weighted by atomic mass is 10.1. The minimum absolute atomic E-state index is 0.390. The Bertz CT molecular complexity index is 487. The lowest BCUT2D eigenvalue weighted by Crippen LogP contribution is -2.41. The summed E-state index contributed by atoms with van der Waals surface area (Å²) in [6.45, 7) is 6.49. The van der Waals surface area contributed by atoms with Gasteiger partial charge in [0, 0.05) is 23.5 Å².